The van der Waals surface area contributed by atoms with Crippen molar-refractivity contribution in [1.82, 2.24) is 14.4 Å². The highest BCUT2D eigenvalue weighted by Gasteiger charge is 2.37. The van der Waals surface area contributed by atoms with Gasteiger partial charge in [-0.05, 0) is 37.8 Å². The molecule has 1 saturated heterocycles. The van der Waals surface area contributed by atoms with Crippen LogP contribution in [0.3, 0.4) is 0 Å². The molecule has 1 aliphatic carbocycles. The first-order chi connectivity index (χ1) is 16.9. The summed E-state index contributed by atoms with van der Waals surface area (Å²) >= 11 is 0. The summed E-state index contributed by atoms with van der Waals surface area (Å²) in [6.07, 6.45) is -0.0355. The first-order valence-corrected chi connectivity index (χ1v) is 11.5. The van der Waals surface area contributed by atoms with Crippen molar-refractivity contribution in [3.8, 4) is 5.75 Å². The number of carbonyl (C=O) groups excluding carboxylic acids is 1. The van der Waals surface area contributed by atoms with Crippen molar-refractivity contribution in [2.75, 3.05) is 18.5 Å². The summed E-state index contributed by atoms with van der Waals surface area (Å²) in [5, 5.41) is 2.67. The van der Waals surface area contributed by atoms with E-state index in [0.717, 1.165) is 24.6 Å². The molecule has 11 heteroatoms. The molecule has 186 valence electrons. The maximum atomic E-state index is 13.0. The van der Waals surface area contributed by atoms with Gasteiger partial charge in [-0.1, -0.05) is 6.07 Å². The average Bonchev–Trinajstić information content (AvgIpc) is 3.24. The van der Waals surface area contributed by atoms with Crippen LogP contribution in [0.15, 0.2) is 36.7 Å². The van der Waals surface area contributed by atoms with Gasteiger partial charge in [0, 0.05) is 43.5 Å². The lowest BCUT2D eigenvalue weighted by Gasteiger charge is -2.35. The van der Waals surface area contributed by atoms with Crippen molar-refractivity contribution < 1.29 is 31.8 Å². The largest absolute Gasteiger partial charge is 0.488 e. The molecule has 3 aromatic heterocycles. The van der Waals surface area contributed by atoms with E-state index in [9.17, 15) is 22.4 Å². The number of aromatic nitrogens is 3. The number of nitrogens with one attached hydrogen (secondary N) is 1. The van der Waals surface area contributed by atoms with Gasteiger partial charge < -0.3 is 19.2 Å². The number of hydrogen-bond donors (Lipinski definition) is 1. The van der Waals surface area contributed by atoms with Gasteiger partial charge in [-0.3, -0.25) is 4.79 Å². The summed E-state index contributed by atoms with van der Waals surface area (Å²) in [7, 11) is 0. The van der Waals surface area contributed by atoms with Gasteiger partial charge in [0.2, 0.25) is 6.43 Å². The number of nitrogens with zero attached hydrogens (tertiary/aromatic N) is 3. The molecule has 1 N–H and O–H groups in total. The van der Waals surface area contributed by atoms with E-state index in [4.69, 9.17) is 14.5 Å². The Labute approximate surface area is 198 Å². The van der Waals surface area contributed by atoms with Crippen LogP contribution in [0, 0.1) is 5.92 Å². The zero-order valence-electron chi connectivity index (χ0n) is 18.7. The summed E-state index contributed by atoms with van der Waals surface area (Å²) in [6, 6.07) is 5.46. The molecule has 1 saturated carbocycles. The van der Waals surface area contributed by atoms with Crippen LogP contribution < -0.4 is 10.1 Å². The Morgan fingerprint density at radius 3 is 2.60 bits per heavy atom. The molecule has 2 aliphatic rings. The predicted molar refractivity (Wildman–Crippen MR) is 118 cm³/mol. The third-order valence-corrected chi connectivity index (χ3v) is 6.47. The lowest BCUT2D eigenvalue weighted by molar-refractivity contribution is -0.0326. The first-order valence-electron chi connectivity index (χ1n) is 11.5. The van der Waals surface area contributed by atoms with E-state index in [0.29, 0.717) is 18.9 Å². The molecule has 1 amide bonds. The molecule has 7 nitrogen and oxygen atoms in total. The van der Waals surface area contributed by atoms with E-state index in [1.165, 1.54) is 12.1 Å². The highest BCUT2D eigenvalue weighted by atomic mass is 19.3. The maximum absolute atomic E-state index is 13.0. The Hall–Kier alpha value is -3.21. The van der Waals surface area contributed by atoms with Crippen molar-refractivity contribution in [2.45, 2.75) is 50.6 Å². The first kappa shape index (κ1) is 23.5. The summed E-state index contributed by atoms with van der Waals surface area (Å²) in [5.41, 5.74) is 1.05. The summed E-state index contributed by atoms with van der Waals surface area (Å²) < 4.78 is 65.0. The quantitative estimate of drug-likeness (QED) is 0.457. The van der Waals surface area contributed by atoms with Crippen LogP contribution in [0.5, 0.6) is 5.75 Å². The van der Waals surface area contributed by atoms with Crippen molar-refractivity contribution in [3.05, 3.63) is 53.7 Å². The number of carbonyl (C=O) groups is 1. The topological polar surface area (TPSA) is 77.8 Å². The van der Waals surface area contributed by atoms with Crippen LogP contribution in [0.2, 0.25) is 0 Å². The summed E-state index contributed by atoms with van der Waals surface area (Å²) in [4.78, 5) is 21.3. The highest BCUT2D eigenvalue weighted by Crippen LogP contribution is 2.38. The molecule has 0 radical (unpaired) electrons. The molecular weight excluding hydrogens is 468 g/mol. The van der Waals surface area contributed by atoms with Gasteiger partial charge in [0.1, 0.15) is 28.5 Å². The minimum atomic E-state index is -2.81. The molecular formula is C24H24F4N4O3. The zero-order valence-corrected chi connectivity index (χ0v) is 18.7. The zero-order chi connectivity index (χ0) is 24.5. The third kappa shape index (κ3) is 5.09. The Morgan fingerprint density at radius 2 is 1.89 bits per heavy atom. The van der Waals surface area contributed by atoms with E-state index in [1.807, 2.05) is 6.20 Å². The summed E-state index contributed by atoms with van der Waals surface area (Å²) in [5.74, 6) is -0.890. The molecule has 3 aromatic rings. The van der Waals surface area contributed by atoms with Gasteiger partial charge in [0.15, 0.2) is 0 Å². The van der Waals surface area contributed by atoms with E-state index in [2.05, 4.69) is 10.3 Å². The normalized spacial score (nSPS) is 20.9. The van der Waals surface area contributed by atoms with Crippen LogP contribution in [-0.2, 0) is 4.74 Å². The Bertz CT molecular complexity index is 1210. The second-order valence-electron chi connectivity index (χ2n) is 8.88. The van der Waals surface area contributed by atoms with Crippen LogP contribution in [0.1, 0.15) is 59.9 Å². The van der Waals surface area contributed by atoms with E-state index >= 15 is 0 Å². The number of alkyl halides is 4. The molecule has 0 aromatic carbocycles. The minimum absolute atomic E-state index is 0.177. The van der Waals surface area contributed by atoms with E-state index in [-0.39, 0.29) is 35.9 Å². The number of rotatable bonds is 7. The molecule has 0 atom stereocenters. The molecule has 0 unspecified atom stereocenters. The molecule has 0 bridgehead atoms. The molecule has 0 spiro atoms. The SMILES string of the molecule is O=C(Nc1cn2cc(C3CCOCC3)nc2cc1OC1CC(C(F)F)C1)c1cccc(C(F)F)n1. The average molecular weight is 492 g/mol. The summed E-state index contributed by atoms with van der Waals surface area (Å²) in [6.45, 7) is 1.32. The molecule has 35 heavy (non-hydrogen) atoms. The third-order valence-electron chi connectivity index (χ3n) is 6.47. The van der Waals surface area contributed by atoms with Crippen molar-refractivity contribution in [2.24, 2.45) is 5.92 Å². The van der Waals surface area contributed by atoms with Gasteiger partial charge in [0.25, 0.3) is 12.3 Å². The number of imidazole rings is 1. The number of halogens is 4. The second-order valence-corrected chi connectivity index (χ2v) is 8.88. The minimum Gasteiger partial charge on any atom is -0.488 e. The van der Waals surface area contributed by atoms with Crippen LogP contribution in [0.4, 0.5) is 23.2 Å². The maximum Gasteiger partial charge on any atom is 0.280 e. The second kappa shape index (κ2) is 9.80. The molecule has 1 aliphatic heterocycles. The Kier molecular flexibility index (Phi) is 6.59. The van der Waals surface area contributed by atoms with E-state index in [1.54, 1.807) is 16.7 Å². The lowest BCUT2D eigenvalue weighted by Crippen LogP contribution is -2.37. The van der Waals surface area contributed by atoms with Gasteiger partial charge in [-0.25, -0.2) is 27.5 Å². The number of pyridine rings is 2. The molecule has 4 heterocycles. The van der Waals surface area contributed by atoms with Gasteiger partial charge in [-0.2, -0.15) is 0 Å². The smallest absolute Gasteiger partial charge is 0.280 e. The van der Waals surface area contributed by atoms with E-state index < -0.39 is 36.5 Å². The Morgan fingerprint density at radius 1 is 1.11 bits per heavy atom. The monoisotopic (exact) mass is 492 g/mol. The number of amides is 1. The number of fused-ring (bicyclic) bond motifs is 1. The van der Waals surface area contributed by atoms with Crippen LogP contribution in [0.25, 0.3) is 5.65 Å². The number of ether oxygens (including phenoxy) is 2. The van der Waals surface area contributed by atoms with Gasteiger partial charge in [0.05, 0.1) is 11.8 Å². The van der Waals surface area contributed by atoms with Crippen LogP contribution >= 0.6 is 0 Å². The van der Waals surface area contributed by atoms with Gasteiger partial charge in [-0.15, -0.1) is 0 Å². The fourth-order valence-corrected chi connectivity index (χ4v) is 4.39. The molecule has 5 rings (SSSR count). The molecule has 2 fully saturated rings. The Balaban J connectivity index is 1.43. The van der Waals surface area contributed by atoms with Crippen molar-refractivity contribution in [1.29, 1.82) is 0 Å². The lowest BCUT2D eigenvalue weighted by atomic mass is 9.82. The fourth-order valence-electron chi connectivity index (χ4n) is 4.39. The van der Waals surface area contributed by atoms with Crippen molar-refractivity contribution >= 4 is 17.2 Å². The fraction of sp³-hybridized carbons (Fsp3) is 0.458. The van der Waals surface area contributed by atoms with Gasteiger partial charge >= 0.3 is 0 Å². The standard InChI is InChI=1S/C24H24F4N4O3/c25-22(26)14-8-15(9-14)35-20-10-21-30-18(13-4-6-34-7-5-13)11-32(21)12-19(20)31-24(33)17-3-1-2-16(29-17)23(27)28/h1-3,10-15,22-23H,4-9H2,(H,31,33). The number of hydrogen-bond acceptors (Lipinski definition) is 5. The van der Waals surface area contributed by atoms with Crippen LogP contribution in [-0.4, -0.2) is 46.0 Å². The highest BCUT2D eigenvalue weighted by molar-refractivity contribution is 6.03. The van der Waals surface area contributed by atoms with Crippen molar-refractivity contribution in [3.63, 3.8) is 0 Å². The number of anilines is 1. The predicted octanol–water partition coefficient (Wildman–Crippen LogP) is 5.24.